The number of nitrogens with one attached hydrogen (secondary N) is 1. The Bertz CT molecular complexity index is 351. The summed E-state index contributed by atoms with van der Waals surface area (Å²) >= 11 is 11.5. The van der Waals surface area contributed by atoms with E-state index in [-0.39, 0.29) is 21.9 Å². The Morgan fingerprint density at radius 2 is 2.07 bits per heavy atom. The van der Waals surface area contributed by atoms with Gasteiger partial charge in [0.1, 0.15) is 12.0 Å². The van der Waals surface area contributed by atoms with Gasteiger partial charge in [0.25, 0.3) is 0 Å². The van der Waals surface area contributed by atoms with Crippen LogP contribution in [0.3, 0.4) is 0 Å². The first-order valence-electron chi connectivity index (χ1n) is 4.28. The van der Waals surface area contributed by atoms with Crippen LogP contribution in [0.1, 0.15) is 13.3 Å². The fraction of sp³-hybridized carbons (Fsp3) is 0.375. The van der Waals surface area contributed by atoms with Crippen molar-refractivity contribution in [2.45, 2.75) is 19.4 Å². The van der Waals surface area contributed by atoms with Gasteiger partial charge in [0.2, 0.25) is 5.91 Å². The van der Waals surface area contributed by atoms with E-state index in [9.17, 15) is 4.79 Å². The normalized spacial score (nSPS) is 12.3. The van der Waals surface area contributed by atoms with Gasteiger partial charge >= 0.3 is 0 Å². The molecular formula is C8H10Cl2N4O. The van der Waals surface area contributed by atoms with Gasteiger partial charge in [-0.2, -0.15) is 0 Å². The van der Waals surface area contributed by atoms with Gasteiger partial charge in [-0.05, 0) is 6.42 Å². The fourth-order valence-electron chi connectivity index (χ4n) is 0.849. The average Bonchev–Trinajstić information content (AvgIpc) is 2.22. The molecule has 0 unspecified atom stereocenters. The van der Waals surface area contributed by atoms with Crippen molar-refractivity contribution in [1.29, 1.82) is 0 Å². The van der Waals surface area contributed by atoms with Gasteiger partial charge in [-0.1, -0.05) is 30.1 Å². The summed E-state index contributed by atoms with van der Waals surface area (Å²) in [6, 6.07) is -0.600. The molecule has 82 valence electrons. The van der Waals surface area contributed by atoms with Crippen molar-refractivity contribution in [1.82, 2.24) is 9.97 Å². The molecule has 1 rings (SSSR count). The number of nitrogens with two attached hydrogens (primary N) is 1. The molecule has 1 heterocycles. The van der Waals surface area contributed by atoms with Crippen LogP contribution in [-0.4, -0.2) is 21.9 Å². The van der Waals surface area contributed by atoms with Crippen LogP contribution >= 0.6 is 23.2 Å². The van der Waals surface area contributed by atoms with Crippen molar-refractivity contribution in [3.63, 3.8) is 0 Å². The second kappa shape index (κ2) is 5.25. The number of nitrogens with zero attached hydrogens (tertiary/aromatic N) is 2. The van der Waals surface area contributed by atoms with Crippen LogP contribution in [0.4, 0.5) is 5.69 Å². The lowest BCUT2D eigenvalue weighted by Crippen LogP contribution is -2.35. The van der Waals surface area contributed by atoms with Crippen LogP contribution in [-0.2, 0) is 4.79 Å². The molecule has 0 aliphatic heterocycles. The minimum absolute atomic E-state index is 0.0895. The summed E-state index contributed by atoms with van der Waals surface area (Å²) in [5.74, 6) is -0.365. The van der Waals surface area contributed by atoms with Crippen LogP contribution < -0.4 is 11.1 Å². The Morgan fingerprint density at radius 3 is 2.53 bits per heavy atom. The largest absolute Gasteiger partial charge is 0.320 e. The molecule has 15 heavy (non-hydrogen) atoms. The molecule has 0 bridgehead atoms. The quantitative estimate of drug-likeness (QED) is 0.794. The van der Waals surface area contributed by atoms with Crippen molar-refractivity contribution in [3.8, 4) is 0 Å². The Hall–Kier alpha value is -0.910. The van der Waals surface area contributed by atoms with Gasteiger partial charge < -0.3 is 11.1 Å². The smallest absolute Gasteiger partial charge is 0.241 e. The predicted molar refractivity (Wildman–Crippen MR) is 58.9 cm³/mol. The summed E-state index contributed by atoms with van der Waals surface area (Å²) in [6.07, 6.45) is 1.73. The van der Waals surface area contributed by atoms with Gasteiger partial charge in [0.15, 0.2) is 10.3 Å². The molecule has 0 aromatic carbocycles. The third-order valence-electron chi connectivity index (χ3n) is 1.78. The first kappa shape index (κ1) is 12.2. The number of hydrogen-bond donors (Lipinski definition) is 2. The van der Waals surface area contributed by atoms with E-state index in [1.54, 1.807) is 6.92 Å². The first-order valence-corrected chi connectivity index (χ1v) is 5.04. The molecule has 0 radical (unpaired) electrons. The number of aromatic nitrogens is 2. The topological polar surface area (TPSA) is 80.9 Å². The maximum Gasteiger partial charge on any atom is 0.241 e. The number of anilines is 1. The molecule has 0 spiro atoms. The van der Waals surface area contributed by atoms with E-state index in [0.29, 0.717) is 6.42 Å². The molecule has 7 heteroatoms. The Labute approximate surface area is 97.0 Å². The molecule has 3 N–H and O–H groups in total. The van der Waals surface area contributed by atoms with Crippen LogP contribution in [0.15, 0.2) is 6.33 Å². The molecule has 0 fully saturated rings. The van der Waals surface area contributed by atoms with Crippen LogP contribution in [0, 0.1) is 0 Å². The molecule has 1 aromatic heterocycles. The molecular weight excluding hydrogens is 239 g/mol. The fourth-order valence-corrected chi connectivity index (χ4v) is 1.26. The van der Waals surface area contributed by atoms with Crippen LogP contribution in [0.25, 0.3) is 0 Å². The zero-order chi connectivity index (χ0) is 11.4. The highest BCUT2D eigenvalue weighted by Gasteiger charge is 2.15. The van der Waals surface area contributed by atoms with Crippen LogP contribution in [0.2, 0.25) is 10.3 Å². The number of amides is 1. The summed E-state index contributed by atoms with van der Waals surface area (Å²) < 4.78 is 0. The van der Waals surface area contributed by atoms with E-state index in [1.165, 1.54) is 6.33 Å². The Kier molecular flexibility index (Phi) is 4.26. The lowest BCUT2D eigenvalue weighted by atomic mass is 10.2. The number of carbonyl (C=O) groups excluding carboxylic acids is 1. The summed E-state index contributed by atoms with van der Waals surface area (Å²) in [5, 5.41) is 2.66. The van der Waals surface area contributed by atoms with Crippen molar-refractivity contribution in [3.05, 3.63) is 16.6 Å². The van der Waals surface area contributed by atoms with E-state index < -0.39 is 6.04 Å². The van der Waals surface area contributed by atoms with Crippen molar-refractivity contribution in [2.24, 2.45) is 5.73 Å². The van der Waals surface area contributed by atoms with Gasteiger partial charge in [-0.15, -0.1) is 0 Å². The highest BCUT2D eigenvalue weighted by Crippen LogP contribution is 2.25. The van der Waals surface area contributed by atoms with Gasteiger partial charge in [-0.25, -0.2) is 9.97 Å². The van der Waals surface area contributed by atoms with Gasteiger partial charge in [0.05, 0.1) is 6.04 Å². The number of rotatable bonds is 3. The third-order valence-corrected chi connectivity index (χ3v) is 2.35. The maximum absolute atomic E-state index is 11.4. The lowest BCUT2D eigenvalue weighted by Gasteiger charge is -2.11. The van der Waals surface area contributed by atoms with Gasteiger partial charge in [-0.3, -0.25) is 4.79 Å². The van der Waals surface area contributed by atoms with E-state index in [1.807, 2.05) is 0 Å². The summed E-state index contributed by atoms with van der Waals surface area (Å²) in [4.78, 5) is 18.8. The number of carbonyl (C=O) groups is 1. The highest BCUT2D eigenvalue weighted by molar-refractivity contribution is 6.38. The Morgan fingerprint density at radius 1 is 1.53 bits per heavy atom. The summed E-state index contributed by atoms with van der Waals surface area (Å²) in [6.45, 7) is 1.80. The molecule has 0 aliphatic rings. The third kappa shape index (κ3) is 3.02. The molecule has 0 aliphatic carbocycles. The molecule has 1 amide bonds. The number of halogens is 2. The van der Waals surface area contributed by atoms with Gasteiger partial charge in [0, 0.05) is 0 Å². The minimum Gasteiger partial charge on any atom is -0.320 e. The van der Waals surface area contributed by atoms with Crippen molar-refractivity contribution >= 4 is 34.8 Å². The van der Waals surface area contributed by atoms with E-state index >= 15 is 0 Å². The second-order valence-electron chi connectivity index (χ2n) is 2.83. The molecule has 1 atom stereocenters. The van der Waals surface area contributed by atoms with Crippen molar-refractivity contribution in [2.75, 3.05) is 5.32 Å². The zero-order valence-corrected chi connectivity index (χ0v) is 9.51. The average molecular weight is 249 g/mol. The highest BCUT2D eigenvalue weighted by atomic mass is 35.5. The molecule has 0 saturated carbocycles. The molecule has 5 nitrogen and oxygen atoms in total. The first-order chi connectivity index (χ1) is 7.06. The number of hydrogen-bond acceptors (Lipinski definition) is 4. The molecule has 0 saturated heterocycles. The maximum atomic E-state index is 11.4. The van der Waals surface area contributed by atoms with Crippen LogP contribution in [0.5, 0.6) is 0 Å². The van der Waals surface area contributed by atoms with E-state index in [0.717, 1.165) is 0 Å². The monoisotopic (exact) mass is 248 g/mol. The SMILES string of the molecule is CC[C@H](N)C(=O)Nc1c(Cl)ncnc1Cl. The predicted octanol–water partition coefficient (Wildman–Crippen LogP) is 1.46. The molecule has 1 aromatic rings. The van der Waals surface area contributed by atoms with Crippen molar-refractivity contribution < 1.29 is 4.79 Å². The van der Waals surface area contributed by atoms with E-state index in [2.05, 4.69) is 15.3 Å². The lowest BCUT2D eigenvalue weighted by molar-refractivity contribution is -0.117. The van der Waals surface area contributed by atoms with E-state index in [4.69, 9.17) is 28.9 Å². The zero-order valence-electron chi connectivity index (χ0n) is 8.00. The Balaban J connectivity index is 2.85. The minimum atomic E-state index is -0.600. The summed E-state index contributed by atoms with van der Waals surface area (Å²) in [5.41, 5.74) is 5.72. The standard InChI is InChI=1S/C8H10Cl2N4O/c1-2-4(11)8(15)14-5-6(9)12-3-13-7(5)10/h3-4H,2,11H2,1H3,(H,14,15)/t4-/m0/s1. The summed E-state index contributed by atoms with van der Waals surface area (Å²) in [7, 11) is 0. The second-order valence-corrected chi connectivity index (χ2v) is 3.55.